The van der Waals surface area contributed by atoms with E-state index in [4.69, 9.17) is 0 Å². The SMILES string of the molecule is CC(C)N1CC2CC(C(C)(C)C)C21. The van der Waals surface area contributed by atoms with Crippen LogP contribution in [0.2, 0.25) is 0 Å². The van der Waals surface area contributed by atoms with Gasteiger partial charge in [-0.2, -0.15) is 0 Å². The fourth-order valence-electron chi connectivity index (χ4n) is 3.10. The van der Waals surface area contributed by atoms with Crippen LogP contribution in [-0.4, -0.2) is 23.5 Å². The van der Waals surface area contributed by atoms with E-state index in [-0.39, 0.29) is 0 Å². The summed E-state index contributed by atoms with van der Waals surface area (Å²) in [6, 6.07) is 1.69. The van der Waals surface area contributed by atoms with E-state index in [9.17, 15) is 0 Å². The first-order valence-corrected chi connectivity index (χ1v) is 5.67. The maximum absolute atomic E-state index is 2.68. The molecule has 1 heteroatoms. The van der Waals surface area contributed by atoms with Crippen molar-refractivity contribution < 1.29 is 0 Å². The van der Waals surface area contributed by atoms with Gasteiger partial charge in [0.25, 0.3) is 0 Å². The molecule has 3 atom stereocenters. The van der Waals surface area contributed by atoms with Crippen LogP contribution in [0.5, 0.6) is 0 Å². The van der Waals surface area contributed by atoms with E-state index in [0.29, 0.717) is 5.41 Å². The number of hydrogen-bond acceptors (Lipinski definition) is 1. The average Bonchev–Trinajstić information content (AvgIpc) is 1.90. The third-order valence-corrected chi connectivity index (χ3v) is 4.06. The minimum Gasteiger partial charge on any atom is -0.297 e. The van der Waals surface area contributed by atoms with Crippen molar-refractivity contribution in [2.75, 3.05) is 6.54 Å². The highest BCUT2D eigenvalue weighted by Crippen LogP contribution is 2.54. The Hall–Kier alpha value is -0.0400. The summed E-state index contributed by atoms with van der Waals surface area (Å²) in [6.45, 7) is 13.2. The highest BCUT2D eigenvalue weighted by atomic mass is 15.3. The van der Waals surface area contributed by atoms with Gasteiger partial charge in [-0.15, -0.1) is 0 Å². The molecule has 1 saturated heterocycles. The number of likely N-dealkylation sites (tertiary alicyclic amines) is 1. The maximum atomic E-state index is 2.68. The van der Waals surface area contributed by atoms with Crippen molar-refractivity contribution in [2.24, 2.45) is 17.3 Å². The molecule has 0 N–H and O–H groups in total. The quantitative estimate of drug-likeness (QED) is 0.601. The second kappa shape index (κ2) is 2.73. The first-order chi connectivity index (χ1) is 5.91. The zero-order valence-corrected chi connectivity index (χ0v) is 9.67. The highest BCUT2D eigenvalue weighted by Gasteiger charge is 2.56. The van der Waals surface area contributed by atoms with Crippen LogP contribution in [0, 0.1) is 17.3 Å². The summed E-state index contributed by atoms with van der Waals surface area (Å²) in [7, 11) is 0. The minimum atomic E-state index is 0.523. The van der Waals surface area contributed by atoms with Crippen molar-refractivity contribution in [3.63, 3.8) is 0 Å². The van der Waals surface area contributed by atoms with Crippen molar-refractivity contribution in [1.82, 2.24) is 4.90 Å². The predicted molar refractivity (Wildman–Crippen MR) is 56.7 cm³/mol. The van der Waals surface area contributed by atoms with Gasteiger partial charge in [-0.25, -0.2) is 0 Å². The second-order valence-corrected chi connectivity index (χ2v) is 6.25. The van der Waals surface area contributed by atoms with Gasteiger partial charge in [0.1, 0.15) is 0 Å². The lowest BCUT2D eigenvalue weighted by molar-refractivity contribution is -0.158. The molecule has 0 aromatic carbocycles. The predicted octanol–water partition coefficient (Wildman–Crippen LogP) is 2.76. The van der Waals surface area contributed by atoms with Gasteiger partial charge in [0.2, 0.25) is 0 Å². The summed E-state index contributed by atoms with van der Waals surface area (Å²) >= 11 is 0. The summed E-state index contributed by atoms with van der Waals surface area (Å²) in [5.41, 5.74) is 0.523. The molecule has 0 radical (unpaired) electrons. The lowest BCUT2D eigenvalue weighted by atomic mass is 9.54. The zero-order valence-electron chi connectivity index (χ0n) is 9.67. The van der Waals surface area contributed by atoms with Crippen molar-refractivity contribution in [2.45, 2.75) is 53.1 Å². The van der Waals surface area contributed by atoms with Crippen LogP contribution in [0.4, 0.5) is 0 Å². The average molecular weight is 181 g/mol. The molecular formula is C12H23N. The van der Waals surface area contributed by atoms with Gasteiger partial charge in [0, 0.05) is 18.6 Å². The molecule has 0 bridgehead atoms. The fourth-order valence-corrected chi connectivity index (χ4v) is 3.10. The number of piperidine rings is 1. The van der Waals surface area contributed by atoms with Crippen LogP contribution >= 0.6 is 0 Å². The molecule has 76 valence electrons. The topological polar surface area (TPSA) is 3.24 Å². The summed E-state index contributed by atoms with van der Waals surface area (Å²) < 4.78 is 0. The van der Waals surface area contributed by atoms with E-state index in [0.717, 1.165) is 23.9 Å². The number of hydrogen-bond donors (Lipinski definition) is 0. The third kappa shape index (κ3) is 1.32. The van der Waals surface area contributed by atoms with Gasteiger partial charge in [0.05, 0.1) is 0 Å². The molecule has 2 fully saturated rings. The van der Waals surface area contributed by atoms with Gasteiger partial charge >= 0.3 is 0 Å². The highest BCUT2D eigenvalue weighted by molar-refractivity contribution is 5.09. The monoisotopic (exact) mass is 181 g/mol. The van der Waals surface area contributed by atoms with Crippen LogP contribution in [0.25, 0.3) is 0 Å². The van der Waals surface area contributed by atoms with E-state index >= 15 is 0 Å². The van der Waals surface area contributed by atoms with Gasteiger partial charge in [-0.1, -0.05) is 20.8 Å². The summed E-state index contributed by atoms with van der Waals surface area (Å²) in [5.74, 6) is 2.00. The molecule has 13 heavy (non-hydrogen) atoms. The molecule has 2 rings (SSSR count). The van der Waals surface area contributed by atoms with Gasteiger partial charge < -0.3 is 0 Å². The Morgan fingerprint density at radius 2 is 1.85 bits per heavy atom. The van der Waals surface area contributed by atoms with Crippen molar-refractivity contribution in [1.29, 1.82) is 0 Å². The summed E-state index contributed by atoms with van der Waals surface area (Å²) in [5, 5.41) is 0. The number of rotatable bonds is 1. The molecule has 2 aliphatic rings. The molecule has 1 aliphatic heterocycles. The molecule has 0 aromatic heterocycles. The molecule has 0 spiro atoms. The Bertz CT molecular complexity index is 202. The van der Waals surface area contributed by atoms with E-state index in [1.165, 1.54) is 13.0 Å². The lowest BCUT2D eigenvalue weighted by Crippen LogP contribution is -2.71. The normalized spacial score (nSPS) is 39.7. The molecule has 1 heterocycles. The van der Waals surface area contributed by atoms with E-state index in [2.05, 4.69) is 39.5 Å². The van der Waals surface area contributed by atoms with Gasteiger partial charge in [-0.05, 0) is 37.5 Å². The van der Waals surface area contributed by atoms with Crippen molar-refractivity contribution in [3.05, 3.63) is 0 Å². The number of nitrogens with zero attached hydrogens (tertiary/aromatic N) is 1. The molecule has 1 nitrogen and oxygen atoms in total. The first kappa shape index (κ1) is 9.51. The van der Waals surface area contributed by atoms with Gasteiger partial charge in [0.15, 0.2) is 0 Å². The fraction of sp³-hybridized carbons (Fsp3) is 1.00. The van der Waals surface area contributed by atoms with Crippen LogP contribution < -0.4 is 0 Å². The minimum absolute atomic E-state index is 0.523. The smallest absolute Gasteiger partial charge is 0.0172 e. The van der Waals surface area contributed by atoms with E-state index in [1.54, 1.807) is 0 Å². The summed E-state index contributed by atoms with van der Waals surface area (Å²) in [4.78, 5) is 2.68. The first-order valence-electron chi connectivity index (χ1n) is 5.67. The molecule has 0 amide bonds. The Morgan fingerprint density at radius 1 is 1.23 bits per heavy atom. The van der Waals surface area contributed by atoms with E-state index in [1.807, 2.05) is 0 Å². The van der Waals surface area contributed by atoms with Crippen LogP contribution in [-0.2, 0) is 0 Å². The lowest BCUT2D eigenvalue weighted by Gasteiger charge is -2.65. The Balaban J connectivity index is 1.99. The summed E-state index contributed by atoms with van der Waals surface area (Å²) in [6.07, 6.45) is 1.48. The molecule has 1 saturated carbocycles. The standard InChI is InChI=1S/C12H23N/c1-8(2)13-7-9-6-10(11(9)13)12(3,4)5/h8-11H,6-7H2,1-5H3. The number of fused-ring (bicyclic) bond motifs is 1. The zero-order chi connectivity index (χ0) is 9.80. The Morgan fingerprint density at radius 3 is 2.23 bits per heavy atom. The van der Waals surface area contributed by atoms with E-state index < -0.39 is 0 Å². The van der Waals surface area contributed by atoms with Crippen molar-refractivity contribution >= 4 is 0 Å². The molecule has 0 aromatic rings. The third-order valence-electron chi connectivity index (χ3n) is 4.06. The van der Waals surface area contributed by atoms with Crippen LogP contribution in [0.3, 0.4) is 0 Å². The largest absolute Gasteiger partial charge is 0.297 e. The van der Waals surface area contributed by atoms with Gasteiger partial charge in [-0.3, -0.25) is 4.90 Å². The van der Waals surface area contributed by atoms with Crippen LogP contribution in [0.1, 0.15) is 41.0 Å². The van der Waals surface area contributed by atoms with Crippen molar-refractivity contribution in [3.8, 4) is 0 Å². The second-order valence-electron chi connectivity index (χ2n) is 6.25. The van der Waals surface area contributed by atoms with Crippen LogP contribution in [0.15, 0.2) is 0 Å². The molecular weight excluding hydrogens is 158 g/mol. The Labute approximate surface area is 82.5 Å². The molecule has 3 unspecified atom stereocenters. The molecule has 1 aliphatic carbocycles. The Kier molecular flexibility index (Phi) is 1.99. The maximum Gasteiger partial charge on any atom is 0.0172 e.